The number of aryl methyl sites for hydroxylation is 1. The molecule has 2 aliphatic rings. The number of nitrogens with one attached hydrogen (secondary N) is 1. The summed E-state index contributed by atoms with van der Waals surface area (Å²) in [7, 11) is 0. The Labute approximate surface area is 254 Å². The highest BCUT2D eigenvalue weighted by molar-refractivity contribution is 8.27. The molecule has 9 heteroatoms. The van der Waals surface area contributed by atoms with Crippen molar-refractivity contribution in [1.82, 2.24) is 9.58 Å². The van der Waals surface area contributed by atoms with E-state index in [1.807, 2.05) is 43.3 Å². The van der Waals surface area contributed by atoms with Crippen LogP contribution in [0.5, 0.6) is 5.75 Å². The number of ether oxygens (including phenoxy) is 1. The van der Waals surface area contributed by atoms with Gasteiger partial charge in [-0.05, 0) is 66.9 Å². The molecule has 0 unspecified atom stereocenters. The molecule has 1 amide bonds. The first-order valence-corrected chi connectivity index (χ1v) is 15.0. The third-order valence-electron chi connectivity index (χ3n) is 7.49. The Balaban J connectivity index is 1.31. The number of amides is 1. The quantitative estimate of drug-likeness (QED) is 0.221. The number of benzene rings is 3. The Bertz CT molecular complexity index is 1850. The number of para-hydroxylation sites is 1. The van der Waals surface area contributed by atoms with E-state index in [1.165, 1.54) is 22.3 Å². The summed E-state index contributed by atoms with van der Waals surface area (Å²) in [6.07, 6.45) is 1.77. The Morgan fingerprint density at radius 1 is 1.07 bits per heavy atom. The molecule has 0 fully saturated rings. The van der Waals surface area contributed by atoms with E-state index in [2.05, 4.69) is 59.7 Å². The maximum absolute atomic E-state index is 13.2. The second kappa shape index (κ2) is 11.3. The van der Waals surface area contributed by atoms with Crippen LogP contribution in [0.25, 0.3) is 17.0 Å². The number of carbonyl (C=O) groups excluding carboxylic acids is 1. The number of aliphatic imine (C=N–C) groups is 1. The van der Waals surface area contributed by atoms with Crippen molar-refractivity contribution in [3.05, 3.63) is 105 Å². The molecule has 0 aliphatic carbocycles. The van der Waals surface area contributed by atoms with E-state index in [9.17, 15) is 4.79 Å². The second-order valence-electron chi connectivity index (χ2n) is 10.6. The van der Waals surface area contributed by atoms with E-state index >= 15 is 0 Å². The van der Waals surface area contributed by atoms with Crippen LogP contribution >= 0.6 is 23.4 Å². The highest BCUT2D eigenvalue weighted by Gasteiger charge is 2.36. The maximum atomic E-state index is 13.2. The van der Waals surface area contributed by atoms with E-state index in [1.54, 1.807) is 12.1 Å². The molecule has 3 aromatic carbocycles. The summed E-state index contributed by atoms with van der Waals surface area (Å²) in [6, 6.07) is 21.8. The van der Waals surface area contributed by atoms with Gasteiger partial charge in [0, 0.05) is 27.7 Å². The third-order valence-corrected chi connectivity index (χ3v) is 8.76. The first-order chi connectivity index (χ1) is 20.2. The molecule has 0 spiro atoms. The molecular weight excluding hydrogens is 566 g/mol. The molecule has 1 aromatic heterocycles. The van der Waals surface area contributed by atoms with Gasteiger partial charge in [0.2, 0.25) is 5.17 Å². The SMILES string of the molecule is Cc1ccc(C(C)C)c(OCCn2c(C)c(/C=C3/C(=N)N4N=C(c5ccccc5Cl)SC4=NC3=O)c3ccccc32)c1. The third kappa shape index (κ3) is 5.05. The molecule has 42 heavy (non-hydrogen) atoms. The topological polar surface area (TPSA) is 83.0 Å². The lowest BCUT2D eigenvalue weighted by molar-refractivity contribution is -0.114. The lowest BCUT2D eigenvalue weighted by Gasteiger charge is -2.20. The first-order valence-electron chi connectivity index (χ1n) is 13.8. The summed E-state index contributed by atoms with van der Waals surface area (Å²) < 4.78 is 8.51. The Morgan fingerprint density at radius 3 is 2.62 bits per heavy atom. The van der Waals surface area contributed by atoms with Crippen LogP contribution in [0.2, 0.25) is 5.02 Å². The van der Waals surface area contributed by atoms with Crippen LogP contribution in [-0.2, 0) is 11.3 Å². The van der Waals surface area contributed by atoms with E-state index < -0.39 is 5.91 Å². The van der Waals surface area contributed by atoms with Gasteiger partial charge < -0.3 is 9.30 Å². The smallest absolute Gasteiger partial charge is 0.283 e. The van der Waals surface area contributed by atoms with Gasteiger partial charge in [-0.2, -0.15) is 15.1 Å². The largest absolute Gasteiger partial charge is 0.491 e. The molecule has 3 heterocycles. The molecule has 1 N–H and O–H groups in total. The summed E-state index contributed by atoms with van der Waals surface area (Å²) in [6.45, 7) is 9.56. The van der Waals surface area contributed by atoms with Crippen LogP contribution in [0.1, 0.15) is 47.7 Å². The molecule has 0 saturated heterocycles. The second-order valence-corrected chi connectivity index (χ2v) is 12.0. The number of halogens is 1. The monoisotopic (exact) mass is 595 g/mol. The number of carbonyl (C=O) groups is 1. The summed E-state index contributed by atoms with van der Waals surface area (Å²) in [4.78, 5) is 17.5. The lowest BCUT2D eigenvalue weighted by atomic mass is 10.0. The fourth-order valence-electron chi connectivity index (χ4n) is 5.30. The van der Waals surface area contributed by atoms with Gasteiger partial charge >= 0.3 is 0 Å². The van der Waals surface area contributed by atoms with Crippen molar-refractivity contribution in [2.75, 3.05) is 6.61 Å². The van der Waals surface area contributed by atoms with E-state index in [4.69, 9.17) is 21.7 Å². The van der Waals surface area contributed by atoms with Crippen LogP contribution in [0, 0.1) is 19.3 Å². The number of hydrogen-bond donors (Lipinski definition) is 1. The number of thioether (sulfide) groups is 1. The number of nitrogens with zero attached hydrogens (tertiary/aromatic N) is 4. The van der Waals surface area contributed by atoms with Gasteiger partial charge in [-0.1, -0.05) is 74.0 Å². The number of hydrogen-bond acceptors (Lipinski definition) is 5. The predicted octanol–water partition coefficient (Wildman–Crippen LogP) is 7.78. The van der Waals surface area contributed by atoms with Crippen molar-refractivity contribution in [1.29, 1.82) is 5.41 Å². The molecule has 2 aliphatic heterocycles. The molecule has 0 radical (unpaired) electrons. The first kappa shape index (κ1) is 28.0. The van der Waals surface area contributed by atoms with Crippen LogP contribution in [0.4, 0.5) is 0 Å². The molecule has 6 rings (SSSR count). The van der Waals surface area contributed by atoms with Gasteiger partial charge in [-0.25, -0.2) is 0 Å². The number of hydrazone groups is 1. The number of rotatable bonds is 7. The van der Waals surface area contributed by atoms with E-state index in [0.29, 0.717) is 34.3 Å². The van der Waals surface area contributed by atoms with Gasteiger partial charge in [0.15, 0.2) is 5.84 Å². The minimum Gasteiger partial charge on any atom is -0.491 e. The van der Waals surface area contributed by atoms with E-state index in [0.717, 1.165) is 39.0 Å². The molecule has 0 saturated carbocycles. The molecule has 212 valence electrons. The van der Waals surface area contributed by atoms with Crippen LogP contribution < -0.4 is 4.74 Å². The molecule has 0 atom stereocenters. The summed E-state index contributed by atoms with van der Waals surface area (Å²) in [5, 5.41) is 17.4. The van der Waals surface area contributed by atoms with Crippen molar-refractivity contribution in [2.24, 2.45) is 10.1 Å². The van der Waals surface area contributed by atoms with Crippen molar-refractivity contribution < 1.29 is 9.53 Å². The van der Waals surface area contributed by atoms with Crippen molar-refractivity contribution >= 4 is 62.3 Å². The summed E-state index contributed by atoms with van der Waals surface area (Å²) >= 11 is 7.61. The zero-order valence-electron chi connectivity index (χ0n) is 23.8. The van der Waals surface area contributed by atoms with Crippen molar-refractivity contribution in [2.45, 2.75) is 40.2 Å². The zero-order chi connectivity index (χ0) is 29.5. The molecule has 4 aromatic rings. The Kier molecular flexibility index (Phi) is 7.51. The predicted molar refractivity (Wildman–Crippen MR) is 173 cm³/mol. The van der Waals surface area contributed by atoms with E-state index in [-0.39, 0.29) is 11.4 Å². The highest BCUT2D eigenvalue weighted by atomic mass is 35.5. The van der Waals surface area contributed by atoms with Crippen LogP contribution in [-0.4, -0.2) is 38.1 Å². The average molecular weight is 596 g/mol. The summed E-state index contributed by atoms with van der Waals surface area (Å²) in [5.41, 5.74) is 6.16. The number of fused-ring (bicyclic) bond motifs is 2. The minimum absolute atomic E-state index is 0.0141. The van der Waals surface area contributed by atoms with Gasteiger partial charge in [0.25, 0.3) is 5.91 Å². The van der Waals surface area contributed by atoms with Crippen molar-refractivity contribution in [3.63, 3.8) is 0 Å². The van der Waals surface area contributed by atoms with Gasteiger partial charge in [0.1, 0.15) is 17.4 Å². The highest BCUT2D eigenvalue weighted by Crippen LogP contribution is 2.35. The molecule has 7 nitrogen and oxygen atoms in total. The van der Waals surface area contributed by atoms with Crippen LogP contribution in [0.3, 0.4) is 0 Å². The molecular formula is C33H30ClN5O2S. The summed E-state index contributed by atoms with van der Waals surface area (Å²) in [5.74, 6) is 0.796. The Hall–Kier alpha value is -4.14. The van der Waals surface area contributed by atoms with Gasteiger partial charge in [0.05, 0.1) is 17.1 Å². The number of amidine groups is 2. The van der Waals surface area contributed by atoms with Gasteiger partial charge in [-0.3, -0.25) is 10.2 Å². The average Bonchev–Trinajstić information content (AvgIpc) is 3.50. The van der Waals surface area contributed by atoms with Crippen LogP contribution in [0.15, 0.2) is 82.4 Å². The normalized spacial score (nSPS) is 16.0. The fourth-order valence-corrected chi connectivity index (χ4v) is 6.51. The number of aromatic nitrogens is 1. The molecule has 0 bridgehead atoms. The minimum atomic E-state index is -0.463. The lowest BCUT2D eigenvalue weighted by Crippen LogP contribution is -2.35. The standard InChI is InChI=1S/C33H30ClN5O2S/c1-19(2)22-14-13-20(3)17-29(22)41-16-15-38-21(4)25(23-9-6-8-12-28(23)38)18-26-30(35)39-33(36-31(26)40)42-32(37-39)24-10-5-7-11-27(24)34/h5-14,17-19,35H,15-16H2,1-4H3/b26-18-,35-30?. The Morgan fingerprint density at radius 2 is 1.83 bits per heavy atom. The fraction of sp³-hybridized carbons (Fsp3) is 0.212. The maximum Gasteiger partial charge on any atom is 0.283 e. The van der Waals surface area contributed by atoms with Gasteiger partial charge in [-0.15, -0.1) is 0 Å². The van der Waals surface area contributed by atoms with Crippen molar-refractivity contribution in [3.8, 4) is 5.75 Å². The zero-order valence-corrected chi connectivity index (χ0v) is 25.4.